The molecule has 0 aliphatic carbocycles. The van der Waals surface area contributed by atoms with Crippen molar-refractivity contribution in [2.24, 2.45) is 0 Å². The van der Waals surface area contributed by atoms with E-state index in [9.17, 15) is 14.9 Å². The fourth-order valence-electron chi connectivity index (χ4n) is 2.92. The minimum Gasteiger partial charge on any atom is -0.497 e. The van der Waals surface area contributed by atoms with Crippen LogP contribution in [0.3, 0.4) is 0 Å². The maximum Gasteiger partial charge on any atom is 0.273 e. The summed E-state index contributed by atoms with van der Waals surface area (Å²) in [6.07, 6.45) is 0. The number of thiazole rings is 1. The van der Waals surface area contributed by atoms with Gasteiger partial charge in [-0.25, -0.2) is 4.98 Å². The van der Waals surface area contributed by atoms with Crippen molar-refractivity contribution >= 4 is 50.7 Å². The molecule has 1 aromatic heterocycles. The summed E-state index contributed by atoms with van der Waals surface area (Å²) in [4.78, 5) is 32.4. The van der Waals surface area contributed by atoms with Crippen LogP contribution in [0.5, 0.6) is 5.75 Å². The largest absolute Gasteiger partial charge is 0.497 e. The van der Waals surface area contributed by atoms with Crippen LogP contribution in [-0.4, -0.2) is 55.0 Å². The summed E-state index contributed by atoms with van der Waals surface area (Å²) < 4.78 is 6.17. The van der Waals surface area contributed by atoms with Gasteiger partial charge in [-0.1, -0.05) is 17.4 Å². The van der Waals surface area contributed by atoms with Crippen molar-refractivity contribution in [1.82, 2.24) is 9.88 Å². The minimum atomic E-state index is -0.472. The first-order chi connectivity index (χ1) is 13.8. The van der Waals surface area contributed by atoms with E-state index in [1.807, 2.05) is 37.2 Å². The number of benzene rings is 2. The Kier molecular flexibility index (Phi) is 7.71. The zero-order valence-corrected chi connectivity index (χ0v) is 18.7. The highest BCUT2D eigenvalue weighted by molar-refractivity contribution is 7.22. The van der Waals surface area contributed by atoms with Crippen LogP contribution < -0.4 is 9.64 Å². The second-order valence-corrected chi connectivity index (χ2v) is 7.81. The van der Waals surface area contributed by atoms with Crippen molar-refractivity contribution < 1.29 is 14.5 Å². The molecule has 1 amide bonds. The third kappa shape index (κ3) is 4.86. The summed E-state index contributed by atoms with van der Waals surface area (Å²) in [5, 5.41) is 11.8. The number of aromatic nitrogens is 1. The summed E-state index contributed by atoms with van der Waals surface area (Å²) in [5.74, 6) is 0.410. The first-order valence-electron chi connectivity index (χ1n) is 8.97. The van der Waals surface area contributed by atoms with E-state index < -0.39 is 4.92 Å². The van der Waals surface area contributed by atoms with Crippen molar-refractivity contribution in [3.63, 3.8) is 0 Å². The number of fused-ring (bicyclic) bond motifs is 1. The number of halogens is 1. The highest BCUT2D eigenvalue weighted by Gasteiger charge is 2.25. The van der Waals surface area contributed by atoms with Crippen LogP contribution in [0.4, 0.5) is 10.8 Å². The van der Waals surface area contributed by atoms with E-state index in [1.165, 1.54) is 23.5 Å². The number of hydrogen-bond donors (Lipinski definition) is 0. The molecule has 0 spiro atoms. The molecule has 0 N–H and O–H groups in total. The lowest BCUT2D eigenvalue weighted by atomic mass is 10.1. The van der Waals surface area contributed by atoms with Crippen molar-refractivity contribution in [3.05, 3.63) is 57.6 Å². The van der Waals surface area contributed by atoms with Crippen molar-refractivity contribution in [2.75, 3.05) is 39.2 Å². The number of nitro benzene ring substituents is 1. The number of anilines is 1. The van der Waals surface area contributed by atoms with Gasteiger partial charge in [-0.3, -0.25) is 19.8 Å². The second kappa shape index (κ2) is 9.84. The Morgan fingerprint density at radius 1 is 1.23 bits per heavy atom. The molecule has 0 atom stereocenters. The number of methoxy groups -OCH3 is 1. The highest BCUT2D eigenvalue weighted by atomic mass is 35.5. The third-order valence-electron chi connectivity index (χ3n) is 4.56. The van der Waals surface area contributed by atoms with Gasteiger partial charge in [0.15, 0.2) is 5.13 Å². The van der Waals surface area contributed by atoms with Crippen LogP contribution >= 0.6 is 23.7 Å². The lowest BCUT2D eigenvalue weighted by Gasteiger charge is -2.22. The molecule has 0 saturated heterocycles. The number of carbonyl (C=O) groups excluding carboxylic acids is 1. The van der Waals surface area contributed by atoms with E-state index in [-0.39, 0.29) is 24.0 Å². The van der Waals surface area contributed by atoms with E-state index in [2.05, 4.69) is 4.98 Å². The molecule has 2 aromatic carbocycles. The standard InChI is InChI=1S/C20H22N4O4S.ClH/c1-13-15(6-5-7-17(13)24(26)27)19(25)23(11-10-22(2)3)20-21-16-9-8-14(28-4)12-18(16)29-20;/h5-9,12H,10-11H2,1-4H3;1H. The van der Waals surface area contributed by atoms with E-state index in [0.29, 0.717) is 35.1 Å². The van der Waals surface area contributed by atoms with Gasteiger partial charge in [-0.15, -0.1) is 12.4 Å². The molecule has 0 radical (unpaired) electrons. The van der Waals surface area contributed by atoms with Crippen molar-refractivity contribution in [2.45, 2.75) is 6.92 Å². The summed E-state index contributed by atoms with van der Waals surface area (Å²) >= 11 is 1.39. The van der Waals surface area contributed by atoms with Crippen LogP contribution in [0.25, 0.3) is 10.2 Å². The number of hydrogen-bond acceptors (Lipinski definition) is 7. The summed E-state index contributed by atoms with van der Waals surface area (Å²) in [6.45, 7) is 2.63. The Labute approximate surface area is 184 Å². The molecule has 0 aliphatic rings. The molecule has 3 rings (SSSR count). The first-order valence-corrected chi connectivity index (χ1v) is 9.78. The van der Waals surface area contributed by atoms with Crippen LogP contribution in [0.1, 0.15) is 15.9 Å². The summed E-state index contributed by atoms with van der Waals surface area (Å²) in [7, 11) is 5.44. The maximum atomic E-state index is 13.4. The van der Waals surface area contributed by atoms with Gasteiger partial charge in [0.25, 0.3) is 11.6 Å². The molecule has 0 unspecified atom stereocenters. The average Bonchev–Trinajstić information content (AvgIpc) is 3.10. The predicted octanol–water partition coefficient (Wildman–Crippen LogP) is 4.15. The van der Waals surface area contributed by atoms with Crippen LogP contribution in [0.15, 0.2) is 36.4 Å². The van der Waals surface area contributed by atoms with Crippen LogP contribution in [0.2, 0.25) is 0 Å². The lowest BCUT2D eigenvalue weighted by molar-refractivity contribution is -0.385. The molecule has 10 heteroatoms. The molecular weight excluding hydrogens is 428 g/mol. The van der Waals surface area contributed by atoms with E-state index in [1.54, 1.807) is 25.0 Å². The molecule has 1 heterocycles. The Morgan fingerprint density at radius 3 is 2.60 bits per heavy atom. The SMILES string of the molecule is COc1ccc2nc(N(CCN(C)C)C(=O)c3cccc([N+](=O)[O-])c3C)sc2c1.Cl. The van der Waals surface area contributed by atoms with Gasteiger partial charge in [0.1, 0.15) is 5.75 Å². The smallest absolute Gasteiger partial charge is 0.273 e. The Morgan fingerprint density at radius 2 is 1.97 bits per heavy atom. The topological polar surface area (TPSA) is 88.8 Å². The molecule has 0 saturated carbocycles. The highest BCUT2D eigenvalue weighted by Crippen LogP contribution is 2.33. The van der Waals surface area contributed by atoms with Crippen molar-refractivity contribution in [3.8, 4) is 5.75 Å². The molecule has 3 aromatic rings. The Balaban J connectivity index is 0.00000320. The third-order valence-corrected chi connectivity index (χ3v) is 5.60. The number of nitro groups is 1. The average molecular weight is 451 g/mol. The minimum absolute atomic E-state index is 0. The van der Waals surface area contributed by atoms with Gasteiger partial charge in [-0.2, -0.15) is 0 Å². The fourth-order valence-corrected chi connectivity index (χ4v) is 3.94. The molecule has 160 valence electrons. The van der Waals surface area contributed by atoms with Gasteiger partial charge in [0, 0.05) is 30.3 Å². The van der Waals surface area contributed by atoms with Crippen LogP contribution in [-0.2, 0) is 0 Å². The first kappa shape index (κ1) is 23.5. The molecular formula is C20H23ClN4O4S. The van der Waals surface area contributed by atoms with Gasteiger partial charge in [-0.05, 0) is 45.3 Å². The number of ether oxygens (including phenoxy) is 1. The quantitative estimate of drug-likeness (QED) is 0.397. The van der Waals surface area contributed by atoms with Gasteiger partial charge in [0.2, 0.25) is 0 Å². The van der Waals surface area contributed by atoms with Gasteiger partial charge < -0.3 is 9.64 Å². The Hall–Kier alpha value is -2.75. The normalized spacial score (nSPS) is 10.7. The fraction of sp³-hybridized carbons (Fsp3) is 0.300. The monoisotopic (exact) mass is 450 g/mol. The zero-order valence-electron chi connectivity index (χ0n) is 17.1. The van der Waals surface area contributed by atoms with E-state index in [0.717, 1.165) is 10.2 Å². The number of nitrogens with zero attached hydrogens (tertiary/aromatic N) is 4. The summed E-state index contributed by atoms with van der Waals surface area (Å²) in [5.41, 5.74) is 1.34. The van der Waals surface area contributed by atoms with E-state index >= 15 is 0 Å². The summed E-state index contributed by atoms with van der Waals surface area (Å²) in [6, 6.07) is 10.1. The number of likely N-dealkylation sites (N-methyl/N-ethyl adjacent to an activating group) is 1. The molecule has 0 bridgehead atoms. The lowest BCUT2D eigenvalue weighted by Crippen LogP contribution is -2.37. The van der Waals surface area contributed by atoms with Gasteiger partial charge in [0.05, 0.1) is 22.2 Å². The Bertz CT molecular complexity index is 1070. The molecule has 30 heavy (non-hydrogen) atoms. The zero-order chi connectivity index (χ0) is 21.1. The molecule has 0 aliphatic heterocycles. The van der Waals surface area contributed by atoms with E-state index in [4.69, 9.17) is 4.74 Å². The van der Waals surface area contributed by atoms with Crippen LogP contribution in [0, 0.1) is 17.0 Å². The van der Waals surface area contributed by atoms with Gasteiger partial charge >= 0.3 is 0 Å². The molecule has 0 fully saturated rings. The number of amides is 1. The van der Waals surface area contributed by atoms with Crippen molar-refractivity contribution in [1.29, 1.82) is 0 Å². The second-order valence-electron chi connectivity index (χ2n) is 6.80. The number of carbonyl (C=O) groups is 1. The maximum absolute atomic E-state index is 13.4. The number of rotatable bonds is 7. The molecule has 8 nitrogen and oxygen atoms in total. The predicted molar refractivity (Wildman–Crippen MR) is 121 cm³/mol.